The summed E-state index contributed by atoms with van der Waals surface area (Å²) in [5.74, 6) is 0.961. The van der Waals surface area contributed by atoms with Crippen molar-refractivity contribution in [3.05, 3.63) is 53.6 Å². The maximum Gasteiger partial charge on any atom is 0.387 e. The Morgan fingerprint density at radius 1 is 0.811 bits per heavy atom. The molecule has 0 bridgehead atoms. The van der Waals surface area contributed by atoms with E-state index in [9.17, 15) is 13.2 Å². The zero-order valence-electron chi connectivity index (χ0n) is 21.8. The summed E-state index contributed by atoms with van der Waals surface area (Å²) in [6, 6.07) is 9.08. The molecular formula is C31H39F4O2. The Bertz CT molecular complexity index is 962. The van der Waals surface area contributed by atoms with E-state index >= 15 is 4.39 Å². The van der Waals surface area contributed by atoms with Crippen LogP contribution in [0.1, 0.15) is 102 Å². The predicted molar refractivity (Wildman–Crippen MR) is 137 cm³/mol. The van der Waals surface area contributed by atoms with Crippen molar-refractivity contribution in [3.8, 4) is 17.2 Å². The topological polar surface area (TPSA) is 18.5 Å². The quantitative estimate of drug-likeness (QED) is 0.275. The van der Waals surface area contributed by atoms with Gasteiger partial charge in [0.25, 0.3) is 0 Å². The van der Waals surface area contributed by atoms with E-state index in [4.69, 9.17) is 4.74 Å². The number of unbranched alkanes of at least 4 members (excludes halogenated alkanes) is 1. The Labute approximate surface area is 218 Å². The standard InChI is InChI=1S/C31H39F4O2/c1-2-3-4-21-5-7-22(8-6-21)9-10-23-11-13-24(14-12-23)29-27(32)19-20-28(30(29)33)36-25-15-17-26(18-16-25)37-31(34)35/h15-19,21-24,31H,2-14H2,1H3/t21-,22-,23?,24?. The Morgan fingerprint density at radius 3 is 1.92 bits per heavy atom. The van der Waals surface area contributed by atoms with E-state index in [0.29, 0.717) is 5.92 Å². The smallest absolute Gasteiger partial charge is 0.387 e. The van der Waals surface area contributed by atoms with Gasteiger partial charge in [0.2, 0.25) is 0 Å². The van der Waals surface area contributed by atoms with Crippen LogP contribution in [0.25, 0.3) is 0 Å². The van der Waals surface area contributed by atoms with Crippen molar-refractivity contribution >= 4 is 0 Å². The number of halogens is 4. The normalized spacial score (nSPS) is 24.3. The minimum Gasteiger partial charge on any atom is -0.454 e. The van der Waals surface area contributed by atoms with E-state index in [2.05, 4.69) is 17.7 Å². The first-order valence-corrected chi connectivity index (χ1v) is 14.0. The molecule has 0 amide bonds. The molecule has 0 saturated heterocycles. The molecule has 0 N–H and O–H groups in total. The average molecular weight is 520 g/mol. The highest BCUT2D eigenvalue weighted by Crippen LogP contribution is 2.43. The van der Waals surface area contributed by atoms with Crippen molar-refractivity contribution in [1.29, 1.82) is 0 Å². The highest BCUT2D eigenvalue weighted by molar-refractivity contribution is 5.39. The Morgan fingerprint density at radius 2 is 1.35 bits per heavy atom. The lowest BCUT2D eigenvalue weighted by Gasteiger charge is -2.32. The fraction of sp³-hybridized carbons (Fsp3) is 0.613. The maximum absolute atomic E-state index is 15.3. The molecule has 0 atom stereocenters. The first-order chi connectivity index (χ1) is 17.9. The summed E-state index contributed by atoms with van der Waals surface area (Å²) in [6.07, 6.45) is 15.6. The van der Waals surface area contributed by atoms with E-state index in [1.54, 1.807) is 0 Å². The molecule has 2 fully saturated rings. The summed E-state index contributed by atoms with van der Waals surface area (Å²) >= 11 is 0. The summed E-state index contributed by atoms with van der Waals surface area (Å²) in [6.45, 7) is -0.660. The molecule has 2 aromatic carbocycles. The number of hydrogen-bond donors (Lipinski definition) is 0. The van der Waals surface area contributed by atoms with Crippen molar-refractivity contribution in [1.82, 2.24) is 0 Å². The monoisotopic (exact) mass is 519 g/mol. The zero-order valence-corrected chi connectivity index (χ0v) is 21.8. The van der Waals surface area contributed by atoms with Gasteiger partial charge in [-0.3, -0.25) is 0 Å². The molecule has 0 spiro atoms. The molecule has 0 heterocycles. The van der Waals surface area contributed by atoms with E-state index in [1.807, 2.05) is 0 Å². The van der Waals surface area contributed by atoms with E-state index in [0.717, 1.165) is 43.6 Å². The third kappa shape index (κ3) is 7.87. The second kappa shape index (κ2) is 13.5. The van der Waals surface area contributed by atoms with Gasteiger partial charge in [0.05, 0.1) is 0 Å². The lowest BCUT2D eigenvalue weighted by Crippen LogP contribution is -2.18. The molecule has 4 rings (SSSR count). The molecule has 0 aliphatic heterocycles. The Hall–Kier alpha value is -2.24. The van der Waals surface area contributed by atoms with Gasteiger partial charge in [0.15, 0.2) is 11.6 Å². The van der Waals surface area contributed by atoms with Crippen molar-refractivity contribution in [2.45, 2.75) is 103 Å². The van der Waals surface area contributed by atoms with Crippen LogP contribution in [0.15, 0.2) is 30.3 Å². The molecule has 2 aliphatic rings. The minimum absolute atomic E-state index is 0.0250. The third-order valence-electron chi connectivity index (χ3n) is 8.46. The van der Waals surface area contributed by atoms with Gasteiger partial charge in [0.1, 0.15) is 17.3 Å². The maximum atomic E-state index is 15.3. The zero-order chi connectivity index (χ0) is 26.2. The highest BCUT2D eigenvalue weighted by atomic mass is 19.3. The molecule has 2 saturated carbocycles. The molecule has 1 radical (unpaired) electrons. The van der Waals surface area contributed by atoms with Crippen LogP contribution in [0, 0.1) is 35.5 Å². The largest absolute Gasteiger partial charge is 0.454 e. The van der Waals surface area contributed by atoms with Gasteiger partial charge >= 0.3 is 6.61 Å². The molecule has 37 heavy (non-hydrogen) atoms. The minimum atomic E-state index is -2.93. The van der Waals surface area contributed by atoms with Gasteiger partial charge in [-0.25, -0.2) is 8.78 Å². The number of ether oxygens (including phenoxy) is 2. The molecule has 203 valence electrons. The summed E-state index contributed by atoms with van der Waals surface area (Å²) in [5.41, 5.74) is 0.0789. The molecule has 2 nitrogen and oxygen atoms in total. The third-order valence-corrected chi connectivity index (χ3v) is 8.46. The van der Waals surface area contributed by atoms with Gasteiger partial charge in [-0.05, 0) is 79.7 Å². The van der Waals surface area contributed by atoms with Gasteiger partial charge in [-0.15, -0.1) is 0 Å². The van der Waals surface area contributed by atoms with Crippen LogP contribution in [0.3, 0.4) is 0 Å². The fourth-order valence-corrected chi connectivity index (χ4v) is 6.27. The van der Waals surface area contributed by atoms with Gasteiger partial charge in [-0.1, -0.05) is 64.7 Å². The molecule has 0 unspecified atom stereocenters. The SMILES string of the molecule is CCCC[C@H]1CC[C@H](CCC2CCC(c3c(F)c[c]c(Oc4ccc(OC(F)F)cc4)c3F)CC2)CC1. The Kier molecular flexibility index (Phi) is 10.2. The predicted octanol–water partition coefficient (Wildman–Crippen LogP) is 10.2. The van der Waals surface area contributed by atoms with Crippen LogP contribution in [0.2, 0.25) is 0 Å². The summed E-state index contributed by atoms with van der Waals surface area (Å²) in [7, 11) is 0. The molecule has 2 aromatic rings. The van der Waals surface area contributed by atoms with Crippen LogP contribution in [0.4, 0.5) is 17.6 Å². The molecular weight excluding hydrogens is 480 g/mol. The number of benzene rings is 2. The number of hydrogen-bond acceptors (Lipinski definition) is 2. The number of rotatable bonds is 11. The van der Waals surface area contributed by atoms with Crippen molar-refractivity contribution in [2.24, 2.45) is 17.8 Å². The van der Waals surface area contributed by atoms with Crippen LogP contribution in [-0.2, 0) is 0 Å². The van der Waals surface area contributed by atoms with E-state index < -0.39 is 18.2 Å². The van der Waals surface area contributed by atoms with Crippen molar-refractivity contribution in [2.75, 3.05) is 0 Å². The Balaban J connectivity index is 1.27. The lowest BCUT2D eigenvalue weighted by atomic mass is 9.73. The summed E-state index contributed by atoms with van der Waals surface area (Å²) in [4.78, 5) is 0. The van der Waals surface area contributed by atoms with Crippen LogP contribution in [-0.4, -0.2) is 6.61 Å². The lowest BCUT2D eigenvalue weighted by molar-refractivity contribution is -0.0498. The van der Waals surface area contributed by atoms with Gasteiger partial charge in [0, 0.05) is 11.6 Å². The number of alkyl halides is 2. The van der Waals surface area contributed by atoms with Crippen LogP contribution < -0.4 is 9.47 Å². The van der Waals surface area contributed by atoms with E-state index in [-0.39, 0.29) is 28.7 Å². The molecule has 2 aliphatic carbocycles. The fourth-order valence-electron chi connectivity index (χ4n) is 6.27. The molecule has 0 aromatic heterocycles. The first-order valence-electron chi connectivity index (χ1n) is 14.0. The van der Waals surface area contributed by atoms with Gasteiger partial charge < -0.3 is 9.47 Å². The molecule has 6 heteroatoms. The van der Waals surface area contributed by atoms with Crippen molar-refractivity contribution < 1.29 is 27.0 Å². The highest BCUT2D eigenvalue weighted by Gasteiger charge is 2.29. The first kappa shape index (κ1) is 27.8. The van der Waals surface area contributed by atoms with E-state index in [1.165, 1.54) is 82.1 Å². The summed E-state index contributed by atoms with van der Waals surface area (Å²) in [5, 5.41) is 0. The van der Waals surface area contributed by atoms with Crippen LogP contribution >= 0.6 is 0 Å². The van der Waals surface area contributed by atoms with Gasteiger partial charge in [-0.2, -0.15) is 8.78 Å². The second-order valence-corrected chi connectivity index (χ2v) is 11.0. The van der Waals surface area contributed by atoms with Crippen molar-refractivity contribution in [3.63, 3.8) is 0 Å². The average Bonchev–Trinajstić information content (AvgIpc) is 2.90. The van der Waals surface area contributed by atoms with Crippen LogP contribution in [0.5, 0.6) is 17.2 Å². The second-order valence-electron chi connectivity index (χ2n) is 11.0. The summed E-state index contributed by atoms with van der Waals surface area (Å²) < 4.78 is 64.6.